The van der Waals surface area contributed by atoms with Crippen LogP contribution < -0.4 is 0 Å². The van der Waals surface area contributed by atoms with E-state index in [2.05, 4.69) is 21.0 Å². The number of halogens is 1. The number of nitrogens with zero attached hydrogens (tertiary/aromatic N) is 2. The van der Waals surface area contributed by atoms with Crippen LogP contribution in [-0.2, 0) is 17.7 Å². The van der Waals surface area contributed by atoms with E-state index >= 15 is 0 Å². The molecule has 2 aromatic rings. The van der Waals surface area contributed by atoms with Gasteiger partial charge in [-0.05, 0) is 31.5 Å². The molecule has 0 saturated carbocycles. The molecule has 0 unspecified atom stereocenters. The van der Waals surface area contributed by atoms with E-state index in [4.69, 9.17) is 4.74 Å². The highest BCUT2D eigenvalue weighted by Crippen LogP contribution is 2.20. The van der Waals surface area contributed by atoms with Gasteiger partial charge in [0, 0.05) is 17.4 Å². The predicted octanol–water partition coefficient (Wildman–Crippen LogP) is 3.35. The topological polar surface area (TPSA) is 44.1 Å². The van der Waals surface area contributed by atoms with Crippen molar-refractivity contribution in [1.29, 1.82) is 0 Å². The van der Waals surface area contributed by atoms with Crippen molar-refractivity contribution >= 4 is 21.9 Å². The summed E-state index contributed by atoms with van der Waals surface area (Å²) < 4.78 is 7.74. The summed E-state index contributed by atoms with van der Waals surface area (Å²) in [5, 5.41) is 4.52. The lowest BCUT2D eigenvalue weighted by molar-refractivity contribution is 0.0598. The summed E-state index contributed by atoms with van der Waals surface area (Å²) in [5.74, 6) is -0.325. The first kappa shape index (κ1) is 14.8. The Hall–Kier alpha value is -1.62. The number of carbonyl (C=O) groups is 1. The van der Waals surface area contributed by atoms with Crippen LogP contribution >= 0.6 is 15.9 Å². The van der Waals surface area contributed by atoms with E-state index in [1.165, 1.54) is 7.11 Å². The minimum absolute atomic E-state index is 0.325. The Balaban J connectivity index is 2.40. The lowest BCUT2D eigenvalue weighted by Crippen LogP contribution is -2.06. The second-order valence-corrected chi connectivity index (χ2v) is 5.43. The molecular weight excluding hydrogens is 320 g/mol. The van der Waals surface area contributed by atoms with Crippen LogP contribution in [-0.4, -0.2) is 22.9 Å². The maximum atomic E-state index is 11.9. The van der Waals surface area contributed by atoms with Crippen LogP contribution in [0, 0.1) is 6.92 Å². The molecule has 0 aliphatic rings. The normalized spacial score (nSPS) is 10.6. The Morgan fingerprint density at radius 3 is 2.55 bits per heavy atom. The molecule has 1 heterocycles. The van der Waals surface area contributed by atoms with Crippen LogP contribution in [0.1, 0.15) is 34.2 Å². The fourth-order valence-corrected chi connectivity index (χ4v) is 2.47. The Morgan fingerprint density at radius 2 is 2.00 bits per heavy atom. The van der Waals surface area contributed by atoms with Gasteiger partial charge in [0.25, 0.3) is 0 Å². The first-order valence-electron chi connectivity index (χ1n) is 6.45. The zero-order valence-electron chi connectivity index (χ0n) is 11.8. The summed E-state index contributed by atoms with van der Waals surface area (Å²) in [6.45, 7) is 4.63. The molecule has 0 saturated heterocycles. The number of benzene rings is 1. The molecule has 106 valence electrons. The standard InChI is InChI=1S/C15H17BrN2O2/c1-4-18-10(2)14(15(19)20-3)13(17-18)9-11-5-7-12(16)8-6-11/h5-8H,4,9H2,1-3H3. The van der Waals surface area contributed by atoms with Gasteiger partial charge in [0.15, 0.2) is 0 Å². The van der Waals surface area contributed by atoms with Gasteiger partial charge in [-0.1, -0.05) is 28.1 Å². The van der Waals surface area contributed by atoms with Gasteiger partial charge in [-0.3, -0.25) is 4.68 Å². The molecule has 0 N–H and O–H groups in total. The van der Waals surface area contributed by atoms with Crippen molar-refractivity contribution in [1.82, 2.24) is 9.78 Å². The highest BCUT2D eigenvalue weighted by atomic mass is 79.9. The Labute approximate surface area is 126 Å². The molecule has 4 nitrogen and oxygen atoms in total. The molecule has 20 heavy (non-hydrogen) atoms. The van der Waals surface area contributed by atoms with Gasteiger partial charge in [0.2, 0.25) is 0 Å². The molecule has 5 heteroatoms. The number of hydrogen-bond donors (Lipinski definition) is 0. The molecule has 0 bridgehead atoms. The fraction of sp³-hybridized carbons (Fsp3) is 0.333. The number of aromatic nitrogens is 2. The number of hydrogen-bond acceptors (Lipinski definition) is 3. The Kier molecular flexibility index (Phi) is 4.60. The Morgan fingerprint density at radius 1 is 1.35 bits per heavy atom. The van der Waals surface area contributed by atoms with Gasteiger partial charge >= 0.3 is 5.97 Å². The first-order chi connectivity index (χ1) is 9.56. The average molecular weight is 337 g/mol. The van der Waals surface area contributed by atoms with Crippen molar-refractivity contribution in [3.05, 3.63) is 51.3 Å². The second kappa shape index (κ2) is 6.22. The van der Waals surface area contributed by atoms with Gasteiger partial charge in [-0.25, -0.2) is 4.79 Å². The molecule has 0 fully saturated rings. The van der Waals surface area contributed by atoms with Crippen LogP contribution in [0.2, 0.25) is 0 Å². The first-order valence-corrected chi connectivity index (χ1v) is 7.25. The molecular formula is C15H17BrN2O2. The number of carbonyl (C=O) groups excluding carboxylic acids is 1. The third kappa shape index (κ3) is 2.93. The third-order valence-corrected chi connectivity index (χ3v) is 3.78. The van der Waals surface area contributed by atoms with E-state index in [1.807, 2.05) is 42.8 Å². The number of rotatable bonds is 4. The smallest absolute Gasteiger partial charge is 0.341 e. The summed E-state index contributed by atoms with van der Waals surface area (Å²) >= 11 is 3.41. The summed E-state index contributed by atoms with van der Waals surface area (Å²) in [6, 6.07) is 8.00. The zero-order chi connectivity index (χ0) is 14.7. The molecule has 0 radical (unpaired) electrons. The summed E-state index contributed by atoms with van der Waals surface area (Å²) in [6.07, 6.45) is 0.617. The average Bonchev–Trinajstić information content (AvgIpc) is 2.76. The van der Waals surface area contributed by atoms with Gasteiger partial charge in [-0.2, -0.15) is 5.10 Å². The lowest BCUT2D eigenvalue weighted by Gasteiger charge is -2.03. The molecule has 0 spiro atoms. The summed E-state index contributed by atoms with van der Waals surface area (Å²) in [4.78, 5) is 11.9. The summed E-state index contributed by atoms with van der Waals surface area (Å²) in [5.41, 5.74) is 3.31. The molecule has 1 aromatic heterocycles. The van der Waals surface area contributed by atoms with Crippen LogP contribution in [0.5, 0.6) is 0 Å². The van der Waals surface area contributed by atoms with Crippen molar-refractivity contribution in [3.8, 4) is 0 Å². The number of methoxy groups -OCH3 is 1. The predicted molar refractivity (Wildman–Crippen MR) is 80.9 cm³/mol. The van der Waals surface area contributed by atoms with Crippen LogP contribution in [0.3, 0.4) is 0 Å². The van der Waals surface area contributed by atoms with Crippen LogP contribution in [0.15, 0.2) is 28.7 Å². The highest BCUT2D eigenvalue weighted by molar-refractivity contribution is 9.10. The van der Waals surface area contributed by atoms with E-state index < -0.39 is 0 Å². The molecule has 0 aliphatic heterocycles. The van der Waals surface area contributed by atoms with E-state index in [0.717, 1.165) is 28.0 Å². The molecule has 2 rings (SSSR count). The third-order valence-electron chi connectivity index (χ3n) is 3.25. The van der Waals surface area contributed by atoms with Crippen molar-refractivity contribution in [2.24, 2.45) is 0 Å². The van der Waals surface area contributed by atoms with Crippen LogP contribution in [0.4, 0.5) is 0 Å². The monoisotopic (exact) mass is 336 g/mol. The number of esters is 1. The number of aryl methyl sites for hydroxylation is 1. The minimum Gasteiger partial charge on any atom is -0.465 e. The minimum atomic E-state index is -0.325. The molecule has 0 amide bonds. The van der Waals surface area contributed by atoms with Crippen molar-refractivity contribution in [3.63, 3.8) is 0 Å². The van der Waals surface area contributed by atoms with Crippen LogP contribution in [0.25, 0.3) is 0 Å². The Bertz CT molecular complexity index is 618. The van der Waals surface area contributed by atoms with Crippen molar-refractivity contribution < 1.29 is 9.53 Å². The lowest BCUT2D eigenvalue weighted by atomic mass is 10.1. The van der Waals surface area contributed by atoms with Gasteiger partial charge in [-0.15, -0.1) is 0 Å². The van der Waals surface area contributed by atoms with E-state index in [9.17, 15) is 4.79 Å². The highest BCUT2D eigenvalue weighted by Gasteiger charge is 2.21. The molecule has 1 aromatic carbocycles. The van der Waals surface area contributed by atoms with E-state index in [0.29, 0.717) is 12.0 Å². The van der Waals surface area contributed by atoms with Gasteiger partial charge < -0.3 is 4.74 Å². The molecule has 0 atom stereocenters. The van der Waals surface area contributed by atoms with E-state index in [1.54, 1.807) is 0 Å². The zero-order valence-corrected chi connectivity index (χ0v) is 13.4. The fourth-order valence-electron chi connectivity index (χ4n) is 2.20. The maximum Gasteiger partial charge on any atom is 0.341 e. The maximum absolute atomic E-state index is 11.9. The second-order valence-electron chi connectivity index (χ2n) is 4.52. The quantitative estimate of drug-likeness (QED) is 0.804. The van der Waals surface area contributed by atoms with Gasteiger partial charge in [0.1, 0.15) is 5.56 Å². The summed E-state index contributed by atoms with van der Waals surface area (Å²) in [7, 11) is 1.40. The molecule has 0 aliphatic carbocycles. The largest absolute Gasteiger partial charge is 0.465 e. The van der Waals surface area contributed by atoms with Crippen molar-refractivity contribution in [2.75, 3.05) is 7.11 Å². The number of ether oxygens (including phenoxy) is 1. The van der Waals surface area contributed by atoms with Crippen molar-refractivity contribution in [2.45, 2.75) is 26.8 Å². The van der Waals surface area contributed by atoms with E-state index in [-0.39, 0.29) is 5.97 Å². The van der Waals surface area contributed by atoms with Gasteiger partial charge in [0.05, 0.1) is 18.5 Å². The SMILES string of the molecule is CCn1nc(Cc2ccc(Br)cc2)c(C(=O)OC)c1C.